The zero-order valence-electron chi connectivity index (χ0n) is 9.72. The molecular formula is C13H15NOSSe. The summed E-state index contributed by atoms with van der Waals surface area (Å²) in [6.45, 7) is 5.53. The quantitative estimate of drug-likeness (QED) is 0.679. The zero-order chi connectivity index (χ0) is 12.3. The number of nitrogens with zero attached hydrogens (tertiary/aromatic N) is 1. The van der Waals surface area contributed by atoms with E-state index in [-0.39, 0.29) is 15.0 Å². The fourth-order valence-electron chi connectivity index (χ4n) is 1.50. The second kappa shape index (κ2) is 5.32. The summed E-state index contributed by atoms with van der Waals surface area (Å²) in [5.74, 6) is 0. The molecule has 0 radical (unpaired) electrons. The molecule has 0 aliphatic heterocycles. The molecular weight excluding hydrogens is 297 g/mol. The molecule has 4 heteroatoms. The molecule has 1 aromatic heterocycles. The topological polar surface area (TPSA) is 33.1 Å². The first-order valence-corrected chi connectivity index (χ1v) is 8.31. The maximum atomic E-state index is 10.1. The molecule has 90 valence electrons. The van der Waals surface area contributed by atoms with Gasteiger partial charge in [0.2, 0.25) is 0 Å². The normalized spacial score (nSPS) is 14.7. The Morgan fingerprint density at radius 3 is 3.00 bits per heavy atom. The number of aliphatic hydroxyl groups is 1. The van der Waals surface area contributed by atoms with Crippen molar-refractivity contribution in [1.82, 2.24) is 4.98 Å². The van der Waals surface area contributed by atoms with Crippen LogP contribution in [0.4, 0.5) is 0 Å². The third-order valence-electron chi connectivity index (χ3n) is 2.36. The number of fused-ring (bicyclic) bond motifs is 1. The monoisotopic (exact) mass is 313 g/mol. The van der Waals surface area contributed by atoms with Crippen molar-refractivity contribution in [3.63, 3.8) is 0 Å². The Labute approximate surface area is 112 Å². The van der Waals surface area contributed by atoms with Crippen LogP contribution in [0.2, 0.25) is 5.32 Å². The number of aromatic nitrogens is 1. The van der Waals surface area contributed by atoms with Gasteiger partial charge in [0.15, 0.2) is 0 Å². The first-order valence-electron chi connectivity index (χ1n) is 5.42. The van der Waals surface area contributed by atoms with E-state index in [2.05, 4.69) is 17.6 Å². The van der Waals surface area contributed by atoms with Crippen molar-refractivity contribution in [3.05, 3.63) is 36.9 Å². The predicted octanol–water partition coefficient (Wildman–Crippen LogP) is 2.37. The Hall–Kier alpha value is -0.671. The third kappa shape index (κ3) is 3.39. The minimum absolute atomic E-state index is 0.232. The molecule has 2 aromatic rings. The van der Waals surface area contributed by atoms with Crippen molar-refractivity contribution in [2.75, 3.05) is 0 Å². The van der Waals surface area contributed by atoms with E-state index in [1.54, 1.807) is 17.4 Å². The number of para-hydroxylation sites is 1. The van der Waals surface area contributed by atoms with E-state index < -0.39 is 5.60 Å². The Morgan fingerprint density at radius 1 is 1.53 bits per heavy atom. The molecule has 1 atom stereocenters. The van der Waals surface area contributed by atoms with Gasteiger partial charge in [-0.25, -0.2) is 0 Å². The van der Waals surface area contributed by atoms with Gasteiger partial charge in [-0.3, -0.25) is 0 Å². The van der Waals surface area contributed by atoms with Crippen LogP contribution in [-0.2, 0) is 0 Å². The molecule has 0 fully saturated rings. The molecule has 0 saturated heterocycles. The van der Waals surface area contributed by atoms with Crippen LogP contribution >= 0.6 is 11.3 Å². The third-order valence-corrected chi connectivity index (χ3v) is 6.65. The van der Waals surface area contributed by atoms with Gasteiger partial charge in [-0.05, 0) is 0 Å². The SMILES string of the molecule is C=CCC(C)(O)C[Se]c1nc2ccccc2s1. The van der Waals surface area contributed by atoms with Crippen LogP contribution in [0.25, 0.3) is 10.2 Å². The van der Waals surface area contributed by atoms with E-state index in [0.29, 0.717) is 6.42 Å². The average molecular weight is 312 g/mol. The molecule has 0 aliphatic rings. The zero-order valence-corrected chi connectivity index (χ0v) is 12.2. The number of hydrogen-bond donors (Lipinski definition) is 1. The van der Waals surface area contributed by atoms with Crippen LogP contribution in [-0.4, -0.2) is 30.6 Å². The second-order valence-electron chi connectivity index (χ2n) is 4.23. The van der Waals surface area contributed by atoms with Gasteiger partial charge in [0.05, 0.1) is 0 Å². The van der Waals surface area contributed by atoms with Crippen molar-refractivity contribution < 1.29 is 5.11 Å². The molecule has 0 spiro atoms. The van der Waals surface area contributed by atoms with E-state index in [9.17, 15) is 5.11 Å². The summed E-state index contributed by atoms with van der Waals surface area (Å²) >= 11 is 1.97. The van der Waals surface area contributed by atoms with Crippen LogP contribution < -0.4 is 3.91 Å². The summed E-state index contributed by atoms with van der Waals surface area (Å²) in [4.78, 5) is 4.59. The van der Waals surface area contributed by atoms with Gasteiger partial charge >= 0.3 is 112 Å². The molecule has 1 N–H and O–H groups in total. The molecule has 1 aromatic carbocycles. The Bertz CT molecular complexity index is 488. The van der Waals surface area contributed by atoms with Gasteiger partial charge in [0.1, 0.15) is 0 Å². The van der Waals surface area contributed by atoms with E-state index >= 15 is 0 Å². The molecule has 1 heterocycles. The van der Waals surface area contributed by atoms with Gasteiger partial charge in [0.25, 0.3) is 0 Å². The van der Waals surface area contributed by atoms with Gasteiger partial charge < -0.3 is 0 Å². The molecule has 2 nitrogen and oxygen atoms in total. The number of hydrogen-bond acceptors (Lipinski definition) is 3. The average Bonchev–Trinajstić information content (AvgIpc) is 2.69. The van der Waals surface area contributed by atoms with Crippen molar-refractivity contribution in [2.24, 2.45) is 0 Å². The number of benzene rings is 1. The number of rotatable bonds is 5. The van der Waals surface area contributed by atoms with Crippen molar-refractivity contribution in [3.8, 4) is 0 Å². The molecule has 0 saturated carbocycles. The van der Waals surface area contributed by atoms with Gasteiger partial charge in [-0.2, -0.15) is 0 Å². The van der Waals surface area contributed by atoms with Gasteiger partial charge in [-0.1, -0.05) is 0 Å². The second-order valence-corrected chi connectivity index (χ2v) is 7.86. The van der Waals surface area contributed by atoms with Crippen molar-refractivity contribution in [1.29, 1.82) is 0 Å². The van der Waals surface area contributed by atoms with E-state index in [1.807, 2.05) is 25.1 Å². The summed E-state index contributed by atoms with van der Waals surface area (Å²) in [5, 5.41) is 10.9. The molecule has 0 amide bonds. The van der Waals surface area contributed by atoms with Crippen LogP contribution in [0.15, 0.2) is 36.9 Å². The molecule has 0 bridgehead atoms. The number of thiazole rings is 1. The van der Waals surface area contributed by atoms with E-state index in [4.69, 9.17) is 0 Å². The summed E-state index contributed by atoms with van der Waals surface area (Å²) in [7, 11) is 0. The van der Waals surface area contributed by atoms with Gasteiger partial charge in [0, 0.05) is 0 Å². The summed E-state index contributed by atoms with van der Waals surface area (Å²) < 4.78 is 2.38. The molecule has 2 rings (SSSR count). The van der Waals surface area contributed by atoms with Crippen molar-refractivity contribution in [2.45, 2.75) is 24.3 Å². The summed E-state index contributed by atoms with van der Waals surface area (Å²) in [5.41, 5.74) is 0.428. The van der Waals surface area contributed by atoms with Crippen LogP contribution in [0.5, 0.6) is 0 Å². The minimum atomic E-state index is -0.639. The molecule has 17 heavy (non-hydrogen) atoms. The Balaban J connectivity index is 2.06. The van der Waals surface area contributed by atoms with Crippen molar-refractivity contribution >= 4 is 40.4 Å². The van der Waals surface area contributed by atoms with E-state index in [0.717, 1.165) is 14.7 Å². The molecule has 1 unspecified atom stereocenters. The maximum absolute atomic E-state index is 10.1. The van der Waals surface area contributed by atoms with Crippen LogP contribution in [0, 0.1) is 0 Å². The molecule has 0 aliphatic carbocycles. The van der Waals surface area contributed by atoms with Crippen LogP contribution in [0.3, 0.4) is 0 Å². The fraction of sp³-hybridized carbons (Fsp3) is 0.308. The van der Waals surface area contributed by atoms with E-state index in [1.165, 1.54) is 4.70 Å². The predicted molar refractivity (Wildman–Crippen MR) is 75.3 cm³/mol. The first-order chi connectivity index (χ1) is 8.11. The van der Waals surface area contributed by atoms with Crippen LogP contribution in [0.1, 0.15) is 13.3 Å². The summed E-state index contributed by atoms with van der Waals surface area (Å²) in [6.07, 6.45) is 2.41. The fourth-order valence-corrected chi connectivity index (χ4v) is 5.00. The Kier molecular flexibility index (Phi) is 4.00. The Morgan fingerprint density at radius 2 is 2.29 bits per heavy atom. The van der Waals surface area contributed by atoms with Gasteiger partial charge in [-0.15, -0.1) is 0 Å². The summed E-state index contributed by atoms with van der Waals surface area (Å²) in [6, 6.07) is 8.17. The standard InChI is InChI=1S/C13H15NOSSe/c1-3-8-13(2,15)9-17-12-14-10-6-4-5-7-11(10)16-12/h3-7,15H,1,8-9H2,2H3. The first kappa shape index (κ1) is 12.8.